The molecule has 0 radical (unpaired) electrons. The van der Waals surface area contributed by atoms with Gasteiger partial charge in [-0.05, 0) is 36.4 Å². The highest BCUT2D eigenvalue weighted by atomic mass is 16.5. The quantitative estimate of drug-likeness (QED) is 0.800. The molecule has 2 aromatic rings. The first-order chi connectivity index (χ1) is 10.3. The highest BCUT2D eigenvalue weighted by Crippen LogP contribution is 2.21. The van der Waals surface area contributed by atoms with Gasteiger partial charge in [-0.2, -0.15) is 0 Å². The normalized spacial score (nSPS) is 11.9. The second-order valence-corrected chi connectivity index (χ2v) is 4.83. The lowest BCUT2D eigenvalue weighted by Gasteiger charge is -2.19. The Morgan fingerprint density at radius 2 is 1.67 bits per heavy atom. The van der Waals surface area contributed by atoms with Crippen LogP contribution in [0.15, 0.2) is 54.6 Å². The van der Waals surface area contributed by atoms with E-state index in [0.717, 1.165) is 24.5 Å². The summed E-state index contributed by atoms with van der Waals surface area (Å²) in [4.78, 5) is 0. The summed E-state index contributed by atoms with van der Waals surface area (Å²) in [6, 6.07) is 18.4. The monoisotopic (exact) mass is 285 g/mol. The highest BCUT2D eigenvalue weighted by molar-refractivity contribution is 5.29. The van der Waals surface area contributed by atoms with Crippen molar-refractivity contribution in [2.24, 2.45) is 0 Å². The minimum absolute atomic E-state index is 0.296. The maximum Gasteiger partial charge on any atom is 0.119 e. The topological polar surface area (TPSA) is 30.5 Å². The molecule has 0 aliphatic rings. The molecule has 1 atom stereocenters. The van der Waals surface area contributed by atoms with Crippen LogP contribution in [0.4, 0.5) is 0 Å². The van der Waals surface area contributed by atoms with E-state index in [1.165, 1.54) is 5.56 Å². The minimum atomic E-state index is 0.296. The van der Waals surface area contributed by atoms with Crippen molar-refractivity contribution >= 4 is 0 Å². The van der Waals surface area contributed by atoms with E-state index in [4.69, 9.17) is 9.47 Å². The second-order valence-electron chi connectivity index (χ2n) is 4.83. The molecular weight excluding hydrogens is 262 g/mol. The zero-order chi connectivity index (χ0) is 14.9. The third-order valence-corrected chi connectivity index (χ3v) is 3.39. The van der Waals surface area contributed by atoms with Gasteiger partial charge in [0.05, 0.1) is 13.7 Å². The fourth-order valence-corrected chi connectivity index (χ4v) is 2.28. The highest BCUT2D eigenvalue weighted by Gasteiger charge is 2.10. The summed E-state index contributed by atoms with van der Waals surface area (Å²) in [5.74, 6) is 1.80. The minimum Gasteiger partial charge on any atom is -0.497 e. The molecule has 1 N–H and O–H groups in total. The molecule has 0 saturated carbocycles. The zero-order valence-corrected chi connectivity index (χ0v) is 12.7. The van der Waals surface area contributed by atoms with Crippen molar-refractivity contribution in [3.05, 3.63) is 60.2 Å². The Balaban J connectivity index is 1.91. The molecule has 1 unspecified atom stereocenters. The zero-order valence-electron chi connectivity index (χ0n) is 12.7. The van der Waals surface area contributed by atoms with Gasteiger partial charge >= 0.3 is 0 Å². The van der Waals surface area contributed by atoms with Crippen molar-refractivity contribution in [2.45, 2.75) is 19.4 Å². The molecule has 0 aromatic heterocycles. The number of methoxy groups -OCH3 is 1. The van der Waals surface area contributed by atoms with E-state index in [-0.39, 0.29) is 0 Å². The van der Waals surface area contributed by atoms with Crippen LogP contribution < -0.4 is 14.8 Å². The van der Waals surface area contributed by atoms with Crippen LogP contribution in [0.1, 0.15) is 24.9 Å². The summed E-state index contributed by atoms with van der Waals surface area (Å²) in [6.45, 7) is 3.74. The first-order valence-electron chi connectivity index (χ1n) is 7.38. The molecular formula is C18H23NO2. The van der Waals surface area contributed by atoms with Crippen molar-refractivity contribution in [3.8, 4) is 11.5 Å². The Labute approximate surface area is 126 Å². The van der Waals surface area contributed by atoms with Crippen molar-refractivity contribution < 1.29 is 9.47 Å². The third kappa shape index (κ3) is 4.80. The Morgan fingerprint density at radius 1 is 0.952 bits per heavy atom. The summed E-state index contributed by atoms with van der Waals surface area (Å²) >= 11 is 0. The van der Waals surface area contributed by atoms with Crippen LogP contribution in [0, 0.1) is 0 Å². The van der Waals surface area contributed by atoms with Crippen LogP contribution in [0.2, 0.25) is 0 Å². The van der Waals surface area contributed by atoms with Crippen molar-refractivity contribution in [2.75, 3.05) is 20.3 Å². The van der Waals surface area contributed by atoms with Gasteiger partial charge in [-0.15, -0.1) is 0 Å². The molecule has 0 amide bonds. The van der Waals surface area contributed by atoms with Gasteiger partial charge < -0.3 is 14.8 Å². The number of hydrogen-bond donors (Lipinski definition) is 1. The number of ether oxygens (including phenoxy) is 2. The molecule has 0 heterocycles. The van der Waals surface area contributed by atoms with E-state index >= 15 is 0 Å². The van der Waals surface area contributed by atoms with Crippen molar-refractivity contribution in [1.82, 2.24) is 5.32 Å². The fraction of sp³-hybridized carbons (Fsp3) is 0.333. The van der Waals surface area contributed by atoms with Gasteiger partial charge in [0.1, 0.15) is 11.5 Å². The number of para-hydroxylation sites is 1. The van der Waals surface area contributed by atoms with E-state index in [1.54, 1.807) is 7.11 Å². The predicted molar refractivity (Wildman–Crippen MR) is 86.0 cm³/mol. The summed E-state index contributed by atoms with van der Waals surface area (Å²) < 4.78 is 11.0. The Kier molecular flexibility index (Phi) is 6.10. The average molecular weight is 285 g/mol. The maximum absolute atomic E-state index is 5.78. The van der Waals surface area contributed by atoms with E-state index in [0.29, 0.717) is 12.6 Å². The summed E-state index contributed by atoms with van der Waals surface area (Å²) in [5, 5.41) is 3.50. The Morgan fingerprint density at radius 3 is 2.29 bits per heavy atom. The number of benzene rings is 2. The molecule has 3 nitrogen and oxygen atoms in total. The molecule has 0 fully saturated rings. The van der Waals surface area contributed by atoms with Crippen LogP contribution in [0.3, 0.4) is 0 Å². The fourth-order valence-electron chi connectivity index (χ4n) is 2.28. The van der Waals surface area contributed by atoms with E-state index in [2.05, 4.69) is 24.4 Å². The molecule has 0 spiro atoms. The third-order valence-electron chi connectivity index (χ3n) is 3.39. The predicted octanol–water partition coefficient (Wildman–Crippen LogP) is 3.81. The van der Waals surface area contributed by atoms with Gasteiger partial charge in [-0.1, -0.05) is 37.3 Å². The summed E-state index contributed by atoms with van der Waals surface area (Å²) in [6.07, 6.45) is 0.926. The van der Waals surface area contributed by atoms with Gasteiger partial charge in [0, 0.05) is 12.5 Å². The molecule has 0 saturated heterocycles. The first-order valence-corrected chi connectivity index (χ1v) is 7.38. The largest absolute Gasteiger partial charge is 0.497 e. The molecule has 2 aromatic carbocycles. The van der Waals surface area contributed by atoms with Crippen LogP contribution >= 0.6 is 0 Å². The van der Waals surface area contributed by atoms with Crippen molar-refractivity contribution in [3.63, 3.8) is 0 Å². The molecule has 3 heteroatoms. The van der Waals surface area contributed by atoms with E-state index in [9.17, 15) is 0 Å². The van der Waals surface area contributed by atoms with Crippen LogP contribution in [-0.2, 0) is 0 Å². The summed E-state index contributed by atoms with van der Waals surface area (Å²) in [7, 11) is 1.69. The maximum atomic E-state index is 5.78. The molecule has 2 rings (SSSR count). The lowest BCUT2D eigenvalue weighted by atomic mass is 10.0. The van der Waals surface area contributed by atoms with E-state index < -0.39 is 0 Å². The lowest BCUT2D eigenvalue weighted by molar-refractivity contribution is 0.287. The van der Waals surface area contributed by atoms with Gasteiger partial charge in [0.25, 0.3) is 0 Å². The molecule has 0 aliphatic carbocycles. The van der Waals surface area contributed by atoms with Gasteiger partial charge in [0.2, 0.25) is 0 Å². The molecule has 21 heavy (non-hydrogen) atoms. The van der Waals surface area contributed by atoms with Gasteiger partial charge in [0.15, 0.2) is 0 Å². The van der Waals surface area contributed by atoms with E-state index in [1.807, 2.05) is 42.5 Å². The SMILES string of the molecule is CCNC(CCOc1ccccc1)c1ccc(OC)cc1. The number of hydrogen-bond acceptors (Lipinski definition) is 3. The number of rotatable bonds is 8. The number of nitrogens with one attached hydrogen (secondary N) is 1. The van der Waals surface area contributed by atoms with Crippen LogP contribution in [0.25, 0.3) is 0 Å². The Hall–Kier alpha value is -2.00. The van der Waals surface area contributed by atoms with Crippen LogP contribution in [-0.4, -0.2) is 20.3 Å². The average Bonchev–Trinajstić information content (AvgIpc) is 2.55. The van der Waals surface area contributed by atoms with Gasteiger partial charge in [-0.25, -0.2) is 0 Å². The van der Waals surface area contributed by atoms with Gasteiger partial charge in [-0.3, -0.25) is 0 Å². The van der Waals surface area contributed by atoms with Crippen molar-refractivity contribution in [1.29, 1.82) is 0 Å². The first kappa shape index (κ1) is 15.4. The smallest absolute Gasteiger partial charge is 0.119 e. The lowest BCUT2D eigenvalue weighted by Crippen LogP contribution is -2.22. The second kappa shape index (κ2) is 8.32. The summed E-state index contributed by atoms with van der Waals surface area (Å²) in [5.41, 5.74) is 1.26. The molecule has 0 aliphatic heterocycles. The van der Waals surface area contributed by atoms with Crippen LogP contribution in [0.5, 0.6) is 11.5 Å². The molecule has 0 bridgehead atoms. The Bertz CT molecular complexity index is 511. The molecule has 112 valence electrons. The standard InChI is InChI=1S/C18H23NO2/c1-3-19-18(15-9-11-16(20-2)12-10-15)13-14-21-17-7-5-4-6-8-17/h4-12,18-19H,3,13-14H2,1-2H3.